The second-order valence-corrected chi connectivity index (χ2v) is 5.72. The van der Waals surface area contributed by atoms with Crippen molar-refractivity contribution in [2.24, 2.45) is 0 Å². The lowest BCUT2D eigenvalue weighted by Gasteiger charge is -2.32. The van der Waals surface area contributed by atoms with E-state index in [1.54, 1.807) is 0 Å². The van der Waals surface area contributed by atoms with Gasteiger partial charge in [0, 0.05) is 13.5 Å². The van der Waals surface area contributed by atoms with Crippen molar-refractivity contribution >= 4 is 18.5 Å². The number of rotatable bonds is 1. The molecule has 5 heteroatoms. The molecule has 1 rings (SSSR count). The van der Waals surface area contributed by atoms with Gasteiger partial charge < -0.3 is 13.6 Å². The molecule has 0 radical (unpaired) electrons. The van der Waals surface area contributed by atoms with E-state index in [0.29, 0.717) is 0 Å². The molecule has 11 heavy (non-hydrogen) atoms. The Hall–Kier alpha value is 0.530. The summed E-state index contributed by atoms with van der Waals surface area (Å²) in [5.74, 6) is 0. The Morgan fingerprint density at radius 2 is 1.82 bits per heavy atom. The van der Waals surface area contributed by atoms with E-state index in [9.17, 15) is 0 Å². The first-order chi connectivity index (χ1) is 5.06. The van der Waals surface area contributed by atoms with Crippen LogP contribution in [0.4, 0.5) is 0 Å². The fraction of sp³-hybridized carbons (Fsp3) is 1.00. The van der Waals surface area contributed by atoms with Crippen LogP contribution >= 0.6 is 6.72 Å². The van der Waals surface area contributed by atoms with E-state index in [1.807, 2.05) is 13.8 Å². The van der Waals surface area contributed by atoms with Gasteiger partial charge in [0.1, 0.15) is 0 Å². The predicted molar refractivity (Wildman–Crippen MR) is 47.0 cm³/mol. The molecule has 66 valence electrons. The molecule has 1 heterocycles. The molecular formula is C6H13O3PS. The zero-order chi connectivity index (χ0) is 8.48. The van der Waals surface area contributed by atoms with E-state index >= 15 is 0 Å². The number of hydrogen-bond donors (Lipinski definition) is 0. The van der Waals surface area contributed by atoms with Crippen molar-refractivity contribution < 1.29 is 13.6 Å². The van der Waals surface area contributed by atoms with Crippen LogP contribution in [0, 0.1) is 0 Å². The third kappa shape index (κ3) is 2.49. The smallest absolute Gasteiger partial charge is 0.312 e. The van der Waals surface area contributed by atoms with Crippen LogP contribution in [0.1, 0.15) is 20.3 Å². The highest BCUT2D eigenvalue weighted by Gasteiger charge is 2.31. The van der Waals surface area contributed by atoms with Crippen LogP contribution in [-0.2, 0) is 25.4 Å². The average Bonchev–Trinajstić information content (AvgIpc) is 1.84. The Balaban J connectivity index is 2.63. The maximum Gasteiger partial charge on any atom is 0.327 e. The fourth-order valence-electron chi connectivity index (χ4n) is 1.11. The second-order valence-electron chi connectivity index (χ2n) is 2.70. The van der Waals surface area contributed by atoms with Crippen molar-refractivity contribution in [3.63, 3.8) is 0 Å². The van der Waals surface area contributed by atoms with Crippen LogP contribution in [0.15, 0.2) is 0 Å². The molecule has 3 nitrogen and oxygen atoms in total. The lowest BCUT2D eigenvalue weighted by molar-refractivity contribution is 0.0370. The third-order valence-electron chi connectivity index (χ3n) is 1.51. The molecule has 0 bridgehead atoms. The summed E-state index contributed by atoms with van der Waals surface area (Å²) in [5.41, 5.74) is 0. The first-order valence-corrected chi connectivity index (χ1v) is 6.14. The van der Waals surface area contributed by atoms with Crippen LogP contribution in [0.2, 0.25) is 0 Å². The SMILES string of the molecule is COP1(=S)O[C@H](C)C[C@H](C)O1. The van der Waals surface area contributed by atoms with Gasteiger partial charge in [-0.1, -0.05) is 0 Å². The zero-order valence-corrected chi connectivity index (χ0v) is 8.65. The monoisotopic (exact) mass is 196 g/mol. The molecule has 1 unspecified atom stereocenters. The lowest BCUT2D eigenvalue weighted by atomic mass is 10.2. The summed E-state index contributed by atoms with van der Waals surface area (Å²) in [4.78, 5) is 0. The summed E-state index contributed by atoms with van der Waals surface area (Å²) in [6.45, 7) is 1.60. The van der Waals surface area contributed by atoms with Gasteiger partial charge in [0.2, 0.25) is 0 Å². The first kappa shape index (κ1) is 9.62. The van der Waals surface area contributed by atoms with E-state index < -0.39 is 6.72 Å². The maximum atomic E-state index is 5.37. The minimum atomic E-state index is -2.37. The highest BCUT2D eigenvalue weighted by atomic mass is 32.5. The van der Waals surface area contributed by atoms with E-state index in [0.717, 1.165) is 6.42 Å². The van der Waals surface area contributed by atoms with Crippen molar-refractivity contribution in [2.45, 2.75) is 32.5 Å². The van der Waals surface area contributed by atoms with Crippen molar-refractivity contribution in [3.8, 4) is 0 Å². The Labute approximate surface area is 72.3 Å². The Kier molecular flexibility index (Phi) is 3.06. The predicted octanol–water partition coefficient (Wildman–Crippen LogP) is 2.07. The van der Waals surface area contributed by atoms with Crippen LogP contribution in [-0.4, -0.2) is 19.3 Å². The van der Waals surface area contributed by atoms with Gasteiger partial charge in [-0.15, -0.1) is 0 Å². The molecule has 3 atom stereocenters. The molecular weight excluding hydrogens is 183 g/mol. The number of hydrogen-bond acceptors (Lipinski definition) is 4. The van der Waals surface area contributed by atoms with E-state index in [2.05, 4.69) is 0 Å². The van der Waals surface area contributed by atoms with Gasteiger partial charge in [-0.05, 0) is 25.7 Å². The fourth-order valence-corrected chi connectivity index (χ4v) is 3.26. The van der Waals surface area contributed by atoms with E-state index in [1.165, 1.54) is 7.11 Å². The van der Waals surface area contributed by atoms with Gasteiger partial charge in [-0.3, -0.25) is 0 Å². The van der Waals surface area contributed by atoms with Gasteiger partial charge >= 0.3 is 6.72 Å². The molecule has 1 saturated heterocycles. The topological polar surface area (TPSA) is 27.7 Å². The van der Waals surface area contributed by atoms with Crippen molar-refractivity contribution in [2.75, 3.05) is 7.11 Å². The summed E-state index contributed by atoms with van der Waals surface area (Å²) in [6, 6.07) is 0. The summed E-state index contributed by atoms with van der Waals surface area (Å²) in [6.07, 6.45) is 1.20. The normalized spacial score (nSPS) is 45.7. The van der Waals surface area contributed by atoms with Crippen molar-refractivity contribution in [1.82, 2.24) is 0 Å². The van der Waals surface area contributed by atoms with Crippen molar-refractivity contribution in [1.29, 1.82) is 0 Å². The molecule has 0 N–H and O–H groups in total. The molecule has 0 amide bonds. The van der Waals surface area contributed by atoms with Crippen LogP contribution in [0.3, 0.4) is 0 Å². The van der Waals surface area contributed by atoms with Gasteiger partial charge in [0.15, 0.2) is 0 Å². The Bertz CT molecular complexity index is 171. The molecule has 0 aromatic carbocycles. The maximum absolute atomic E-state index is 5.37. The van der Waals surface area contributed by atoms with Gasteiger partial charge in [0.05, 0.1) is 12.2 Å². The molecule has 1 aliphatic rings. The minimum Gasteiger partial charge on any atom is -0.312 e. The quantitative estimate of drug-likeness (QED) is 0.600. The van der Waals surface area contributed by atoms with Gasteiger partial charge in [-0.25, -0.2) is 0 Å². The molecule has 0 aliphatic carbocycles. The summed E-state index contributed by atoms with van der Waals surface area (Å²) in [5, 5.41) is 0. The molecule has 0 aromatic heterocycles. The van der Waals surface area contributed by atoms with Gasteiger partial charge in [-0.2, -0.15) is 0 Å². The van der Waals surface area contributed by atoms with E-state index in [-0.39, 0.29) is 12.2 Å². The first-order valence-electron chi connectivity index (χ1n) is 3.58. The molecule has 0 saturated carbocycles. The van der Waals surface area contributed by atoms with Crippen LogP contribution < -0.4 is 0 Å². The summed E-state index contributed by atoms with van der Waals surface area (Å²) >= 11 is 5.05. The highest BCUT2D eigenvalue weighted by molar-refractivity contribution is 8.07. The lowest BCUT2D eigenvalue weighted by Crippen LogP contribution is -2.24. The van der Waals surface area contributed by atoms with Crippen LogP contribution in [0.5, 0.6) is 0 Å². The van der Waals surface area contributed by atoms with E-state index in [4.69, 9.17) is 25.4 Å². The van der Waals surface area contributed by atoms with Crippen LogP contribution in [0.25, 0.3) is 0 Å². The summed E-state index contributed by atoms with van der Waals surface area (Å²) in [7, 11) is 1.53. The van der Waals surface area contributed by atoms with Gasteiger partial charge in [0.25, 0.3) is 0 Å². The highest BCUT2D eigenvalue weighted by Crippen LogP contribution is 2.54. The second kappa shape index (κ2) is 3.50. The Morgan fingerprint density at radius 1 is 1.36 bits per heavy atom. The molecule has 1 aliphatic heterocycles. The standard InChI is InChI=1S/C6H13O3PS/c1-5-4-6(2)9-10(11,7-3)8-5/h5-6H,4H2,1-3H3/t5-,6+,10?. The zero-order valence-electron chi connectivity index (χ0n) is 6.94. The van der Waals surface area contributed by atoms with Crippen molar-refractivity contribution in [3.05, 3.63) is 0 Å². The largest absolute Gasteiger partial charge is 0.327 e. The molecule has 1 fully saturated rings. The average molecular weight is 196 g/mol. The summed E-state index contributed by atoms with van der Waals surface area (Å²) < 4.78 is 15.8. The molecule has 0 aromatic rings. The third-order valence-corrected chi connectivity index (χ3v) is 4.15. The minimum absolute atomic E-state index is 0.157. The molecule has 0 spiro atoms. The Morgan fingerprint density at radius 3 is 2.18 bits per heavy atom.